The minimum atomic E-state index is -4.13. The lowest BCUT2D eigenvalue weighted by molar-refractivity contribution is 0.571. The Morgan fingerprint density at radius 1 is 1.30 bits per heavy atom. The van der Waals surface area contributed by atoms with Crippen molar-refractivity contribution in [2.75, 3.05) is 10.5 Å². The van der Waals surface area contributed by atoms with E-state index in [4.69, 9.17) is 5.73 Å². The molecule has 0 aliphatic rings. The Bertz CT molecular complexity index is 745. The van der Waals surface area contributed by atoms with Crippen LogP contribution in [0, 0.1) is 12.7 Å². The molecule has 106 valence electrons. The van der Waals surface area contributed by atoms with E-state index in [9.17, 15) is 12.8 Å². The SMILES string of the molecule is Cc1nc(NS(=O)(=O)c2c(N)cccc2F)ccc1Br. The second-order valence-corrected chi connectivity index (χ2v) is 6.50. The average Bonchev–Trinajstić information content (AvgIpc) is 2.33. The van der Waals surface area contributed by atoms with Gasteiger partial charge in [0.15, 0.2) is 0 Å². The third-order valence-electron chi connectivity index (χ3n) is 2.53. The fourth-order valence-corrected chi connectivity index (χ4v) is 3.01. The van der Waals surface area contributed by atoms with Crippen LogP contribution in [0.2, 0.25) is 0 Å². The molecule has 0 aliphatic heterocycles. The standard InChI is InChI=1S/C12H11BrFN3O2S/c1-7-8(13)5-6-11(16-7)17-20(18,19)12-9(14)3-2-4-10(12)15/h2-6H,15H2,1H3,(H,16,17). The molecule has 0 unspecified atom stereocenters. The van der Waals surface area contributed by atoms with Crippen molar-refractivity contribution >= 4 is 37.5 Å². The molecule has 0 saturated heterocycles. The molecule has 3 N–H and O–H groups in total. The largest absolute Gasteiger partial charge is 0.398 e. The number of nitrogens with two attached hydrogens (primary N) is 1. The first-order valence-corrected chi connectivity index (χ1v) is 7.79. The van der Waals surface area contributed by atoms with Crippen LogP contribution in [-0.4, -0.2) is 13.4 Å². The quantitative estimate of drug-likeness (QED) is 0.825. The van der Waals surface area contributed by atoms with Crippen molar-refractivity contribution in [2.45, 2.75) is 11.8 Å². The Morgan fingerprint density at radius 2 is 2.00 bits per heavy atom. The van der Waals surface area contributed by atoms with E-state index in [1.807, 2.05) is 0 Å². The van der Waals surface area contributed by atoms with E-state index in [1.54, 1.807) is 13.0 Å². The van der Waals surface area contributed by atoms with Crippen LogP contribution in [0.25, 0.3) is 0 Å². The zero-order valence-electron chi connectivity index (χ0n) is 10.4. The van der Waals surface area contributed by atoms with Gasteiger partial charge in [0.25, 0.3) is 10.0 Å². The highest BCUT2D eigenvalue weighted by atomic mass is 79.9. The maximum absolute atomic E-state index is 13.7. The van der Waals surface area contributed by atoms with E-state index in [1.165, 1.54) is 18.2 Å². The molecule has 20 heavy (non-hydrogen) atoms. The number of nitrogen functional groups attached to an aromatic ring is 1. The van der Waals surface area contributed by atoms with Crippen molar-refractivity contribution in [1.82, 2.24) is 4.98 Å². The number of aryl methyl sites for hydroxylation is 1. The third-order valence-corrected chi connectivity index (χ3v) is 4.81. The molecule has 0 aliphatic carbocycles. The van der Waals surface area contributed by atoms with E-state index in [-0.39, 0.29) is 11.5 Å². The van der Waals surface area contributed by atoms with E-state index in [2.05, 4.69) is 25.6 Å². The van der Waals surface area contributed by atoms with Gasteiger partial charge < -0.3 is 5.73 Å². The lowest BCUT2D eigenvalue weighted by Gasteiger charge is -2.11. The Labute approximate surface area is 124 Å². The molecule has 0 bridgehead atoms. The van der Waals surface area contributed by atoms with Gasteiger partial charge in [-0.1, -0.05) is 6.07 Å². The first-order valence-electron chi connectivity index (χ1n) is 5.51. The highest BCUT2D eigenvalue weighted by molar-refractivity contribution is 9.10. The van der Waals surface area contributed by atoms with Gasteiger partial charge in [-0.2, -0.15) is 0 Å². The van der Waals surface area contributed by atoms with Gasteiger partial charge >= 0.3 is 0 Å². The average molecular weight is 360 g/mol. The molecule has 2 aromatic rings. The van der Waals surface area contributed by atoms with Gasteiger partial charge in [-0.15, -0.1) is 0 Å². The van der Waals surface area contributed by atoms with Gasteiger partial charge in [-0.3, -0.25) is 4.72 Å². The van der Waals surface area contributed by atoms with E-state index in [0.717, 1.165) is 10.5 Å². The van der Waals surface area contributed by atoms with Crippen LogP contribution in [-0.2, 0) is 10.0 Å². The van der Waals surface area contributed by atoms with Crippen LogP contribution in [0.4, 0.5) is 15.9 Å². The Morgan fingerprint density at radius 3 is 2.60 bits per heavy atom. The smallest absolute Gasteiger partial charge is 0.268 e. The summed E-state index contributed by atoms with van der Waals surface area (Å²) in [5.74, 6) is -0.820. The van der Waals surface area contributed by atoms with Crippen LogP contribution in [0.15, 0.2) is 39.7 Å². The van der Waals surface area contributed by atoms with Crippen molar-refractivity contribution in [1.29, 1.82) is 0 Å². The highest BCUT2D eigenvalue weighted by Crippen LogP contribution is 2.24. The summed E-state index contributed by atoms with van der Waals surface area (Å²) in [6.07, 6.45) is 0. The summed E-state index contributed by atoms with van der Waals surface area (Å²) in [6, 6.07) is 6.80. The second-order valence-electron chi connectivity index (χ2n) is 4.03. The van der Waals surface area contributed by atoms with Gasteiger partial charge in [0.05, 0.1) is 11.4 Å². The minimum absolute atomic E-state index is 0.0911. The summed E-state index contributed by atoms with van der Waals surface area (Å²) in [7, 11) is -4.13. The maximum atomic E-state index is 13.7. The topological polar surface area (TPSA) is 85.1 Å². The molecule has 5 nitrogen and oxygen atoms in total. The minimum Gasteiger partial charge on any atom is -0.398 e. The number of halogens is 2. The molecule has 0 fully saturated rings. The molecule has 0 spiro atoms. The van der Waals surface area contributed by atoms with Crippen molar-refractivity contribution in [3.63, 3.8) is 0 Å². The number of rotatable bonds is 3. The third kappa shape index (κ3) is 2.91. The zero-order valence-corrected chi connectivity index (χ0v) is 12.8. The molecule has 1 aromatic heterocycles. The molecule has 0 saturated carbocycles. The normalized spacial score (nSPS) is 11.3. The number of hydrogen-bond donors (Lipinski definition) is 2. The first-order chi connectivity index (χ1) is 9.31. The fraction of sp³-hybridized carbons (Fsp3) is 0.0833. The van der Waals surface area contributed by atoms with E-state index >= 15 is 0 Å². The molecule has 8 heteroatoms. The number of aromatic nitrogens is 1. The van der Waals surface area contributed by atoms with Gasteiger partial charge in [0, 0.05) is 4.47 Å². The fourth-order valence-electron chi connectivity index (χ4n) is 1.60. The van der Waals surface area contributed by atoms with E-state index in [0.29, 0.717) is 5.69 Å². The molecule has 0 radical (unpaired) electrons. The summed E-state index contributed by atoms with van der Waals surface area (Å²) >= 11 is 3.26. The molecular weight excluding hydrogens is 349 g/mol. The molecule has 1 aromatic carbocycles. The van der Waals surface area contributed by atoms with Crippen LogP contribution in [0.1, 0.15) is 5.69 Å². The van der Waals surface area contributed by atoms with Crippen molar-refractivity contribution in [3.05, 3.63) is 46.3 Å². The van der Waals surface area contributed by atoms with E-state index < -0.39 is 20.7 Å². The summed E-state index contributed by atoms with van der Waals surface area (Å²) in [5, 5.41) is 0. The van der Waals surface area contributed by atoms with Gasteiger partial charge in [0.1, 0.15) is 16.5 Å². The van der Waals surface area contributed by atoms with Crippen LogP contribution >= 0.6 is 15.9 Å². The predicted molar refractivity (Wildman–Crippen MR) is 78.3 cm³/mol. The number of anilines is 2. The Kier molecular flexibility index (Phi) is 3.96. The molecule has 0 amide bonds. The van der Waals surface area contributed by atoms with Gasteiger partial charge in [-0.05, 0) is 47.1 Å². The number of hydrogen-bond acceptors (Lipinski definition) is 4. The molecule has 1 heterocycles. The van der Waals surface area contributed by atoms with Crippen LogP contribution in [0.5, 0.6) is 0 Å². The summed E-state index contributed by atoms with van der Waals surface area (Å²) in [4.78, 5) is 3.46. The molecule has 2 rings (SSSR count). The number of sulfonamides is 1. The lowest BCUT2D eigenvalue weighted by atomic mass is 10.3. The molecule has 0 atom stereocenters. The highest BCUT2D eigenvalue weighted by Gasteiger charge is 2.22. The monoisotopic (exact) mass is 359 g/mol. The maximum Gasteiger partial charge on any atom is 0.268 e. The van der Waals surface area contributed by atoms with Gasteiger partial charge in [-0.25, -0.2) is 17.8 Å². The first kappa shape index (κ1) is 14.7. The number of nitrogens with zero attached hydrogens (tertiary/aromatic N) is 1. The second kappa shape index (κ2) is 5.37. The summed E-state index contributed by atoms with van der Waals surface area (Å²) in [5.41, 5.74) is 5.97. The van der Waals surface area contributed by atoms with Crippen molar-refractivity contribution in [3.8, 4) is 0 Å². The lowest BCUT2D eigenvalue weighted by Crippen LogP contribution is -2.17. The number of nitrogens with one attached hydrogen (secondary N) is 1. The summed E-state index contributed by atoms with van der Waals surface area (Å²) < 4.78 is 40.9. The summed E-state index contributed by atoms with van der Waals surface area (Å²) in [6.45, 7) is 1.71. The molecular formula is C12H11BrFN3O2S. The predicted octanol–water partition coefficient (Wildman–Crippen LogP) is 2.67. The Hall–Kier alpha value is -1.67. The van der Waals surface area contributed by atoms with Crippen molar-refractivity contribution in [2.24, 2.45) is 0 Å². The Balaban J connectivity index is 2.43. The van der Waals surface area contributed by atoms with Crippen LogP contribution in [0.3, 0.4) is 0 Å². The van der Waals surface area contributed by atoms with Gasteiger partial charge in [0.2, 0.25) is 0 Å². The number of benzene rings is 1. The van der Waals surface area contributed by atoms with Crippen LogP contribution < -0.4 is 10.5 Å². The zero-order chi connectivity index (χ0) is 14.9. The van der Waals surface area contributed by atoms with Crippen molar-refractivity contribution < 1.29 is 12.8 Å². The number of pyridine rings is 1.